The van der Waals surface area contributed by atoms with Gasteiger partial charge in [0.25, 0.3) is 11.8 Å². The van der Waals surface area contributed by atoms with Crippen molar-refractivity contribution in [2.45, 2.75) is 38.8 Å². The minimum Gasteiger partial charge on any atom is -0.451 e. The predicted octanol–water partition coefficient (Wildman–Crippen LogP) is 3.67. The fraction of sp³-hybridized carbons (Fsp3) is 0.348. The van der Waals surface area contributed by atoms with Gasteiger partial charge in [0.15, 0.2) is 6.10 Å². The molecule has 7 heteroatoms. The number of hydrogen-bond donors (Lipinski definition) is 2. The maximum absolute atomic E-state index is 12.6. The van der Waals surface area contributed by atoms with Crippen molar-refractivity contribution >= 4 is 35.2 Å². The third-order valence-corrected chi connectivity index (χ3v) is 5.17. The molecule has 0 heterocycles. The molecule has 6 nitrogen and oxygen atoms in total. The average molecular weight is 429 g/mol. The number of amides is 2. The van der Waals surface area contributed by atoms with Crippen molar-refractivity contribution < 1.29 is 19.1 Å². The second-order valence-corrected chi connectivity index (χ2v) is 7.78. The molecule has 2 aromatic carbocycles. The van der Waals surface area contributed by atoms with Crippen LogP contribution in [-0.2, 0) is 20.7 Å². The lowest BCUT2D eigenvalue weighted by Gasteiger charge is -2.20. The van der Waals surface area contributed by atoms with E-state index in [1.54, 1.807) is 36.0 Å². The van der Waals surface area contributed by atoms with Crippen LogP contribution in [-0.4, -0.2) is 41.9 Å². The van der Waals surface area contributed by atoms with Crippen molar-refractivity contribution in [1.29, 1.82) is 0 Å². The van der Waals surface area contributed by atoms with Gasteiger partial charge in [0.2, 0.25) is 0 Å². The van der Waals surface area contributed by atoms with Crippen molar-refractivity contribution in [3.63, 3.8) is 0 Å². The van der Waals surface area contributed by atoms with Gasteiger partial charge >= 0.3 is 5.97 Å². The van der Waals surface area contributed by atoms with Crippen LogP contribution in [0.5, 0.6) is 0 Å². The lowest BCUT2D eigenvalue weighted by atomic mass is 10.1. The Bertz CT molecular complexity index is 840. The van der Waals surface area contributed by atoms with E-state index in [-0.39, 0.29) is 5.91 Å². The third-order valence-electron chi connectivity index (χ3n) is 4.53. The molecule has 2 unspecified atom stereocenters. The molecule has 2 N–H and O–H groups in total. The van der Waals surface area contributed by atoms with E-state index >= 15 is 0 Å². The van der Waals surface area contributed by atoms with Crippen LogP contribution in [0.1, 0.15) is 36.2 Å². The van der Waals surface area contributed by atoms with Crippen LogP contribution in [0.25, 0.3) is 0 Å². The highest BCUT2D eigenvalue weighted by atomic mass is 32.2. The lowest BCUT2D eigenvalue weighted by Crippen LogP contribution is -2.44. The van der Waals surface area contributed by atoms with Crippen molar-refractivity contribution in [2.24, 2.45) is 0 Å². The standard InChI is InChI=1S/C23H28N2O4S/c1-4-17-10-12-19(13-11-17)24-21(26)16(2)29-23(28)20(14-15-30-3)25-22(27)18-8-6-5-7-9-18/h5-13,16,20H,4,14-15H2,1-3H3,(H,24,26)(H,25,27). The minimum absolute atomic E-state index is 0.355. The Morgan fingerprint density at radius 2 is 1.70 bits per heavy atom. The summed E-state index contributed by atoms with van der Waals surface area (Å²) in [5.74, 6) is -0.742. The Morgan fingerprint density at radius 3 is 2.30 bits per heavy atom. The van der Waals surface area contributed by atoms with Gasteiger partial charge in [-0.25, -0.2) is 4.79 Å². The molecule has 0 aromatic heterocycles. The van der Waals surface area contributed by atoms with Crippen LogP contribution in [0.2, 0.25) is 0 Å². The van der Waals surface area contributed by atoms with Gasteiger partial charge in [0.1, 0.15) is 6.04 Å². The molecule has 0 aliphatic heterocycles. The molecule has 0 spiro atoms. The average Bonchev–Trinajstić information content (AvgIpc) is 2.77. The minimum atomic E-state index is -0.992. The van der Waals surface area contributed by atoms with Gasteiger partial charge < -0.3 is 15.4 Å². The molecule has 0 saturated heterocycles. The van der Waals surface area contributed by atoms with Crippen molar-refractivity contribution in [3.8, 4) is 0 Å². The largest absolute Gasteiger partial charge is 0.451 e. The summed E-state index contributed by atoms with van der Waals surface area (Å²) in [5, 5.41) is 5.46. The highest BCUT2D eigenvalue weighted by molar-refractivity contribution is 7.98. The first-order chi connectivity index (χ1) is 14.4. The number of aryl methyl sites for hydroxylation is 1. The van der Waals surface area contributed by atoms with Crippen molar-refractivity contribution in [3.05, 3.63) is 65.7 Å². The Hall–Kier alpha value is -2.80. The molecule has 30 heavy (non-hydrogen) atoms. The van der Waals surface area contributed by atoms with Gasteiger partial charge in [0, 0.05) is 11.3 Å². The molecule has 2 atom stereocenters. The number of nitrogens with one attached hydrogen (secondary N) is 2. The van der Waals surface area contributed by atoms with Crippen molar-refractivity contribution in [2.75, 3.05) is 17.3 Å². The number of carbonyl (C=O) groups excluding carboxylic acids is 3. The van der Waals surface area contributed by atoms with Crippen LogP contribution in [0.3, 0.4) is 0 Å². The topological polar surface area (TPSA) is 84.5 Å². The summed E-state index contributed by atoms with van der Waals surface area (Å²) in [4.78, 5) is 37.5. The van der Waals surface area contributed by atoms with Gasteiger partial charge in [-0.1, -0.05) is 37.3 Å². The Balaban J connectivity index is 1.96. The van der Waals surface area contributed by atoms with Gasteiger partial charge in [0.05, 0.1) is 0 Å². The number of carbonyl (C=O) groups is 3. The Kier molecular flexibility index (Phi) is 9.41. The maximum atomic E-state index is 12.6. The SMILES string of the molecule is CCc1ccc(NC(=O)C(C)OC(=O)C(CCSC)NC(=O)c2ccccc2)cc1. The summed E-state index contributed by atoms with van der Waals surface area (Å²) in [6, 6.07) is 15.3. The molecule has 0 aliphatic rings. The molecular formula is C23H28N2O4S. The van der Waals surface area contributed by atoms with E-state index in [0.717, 1.165) is 6.42 Å². The Labute approximate surface area is 181 Å². The second kappa shape index (κ2) is 12.0. The zero-order chi connectivity index (χ0) is 21.9. The predicted molar refractivity (Wildman–Crippen MR) is 121 cm³/mol. The van der Waals surface area contributed by atoms with E-state index < -0.39 is 24.0 Å². The number of hydrogen-bond acceptors (Lipinski definition) is 5. The molecule has 2 aromatic rings. The molecule has 2 amide bonds. The molecule has 0 saturated carbocycles. The smallest absolute Gasteiger partial charge is 0.329 e. The zero-order valence-corrected chi connectivity index (χ0v) is 18.3. The van der Waals surface area contributed by atoms with Crippen LogP contribution in [0.15, 0.2) is 54.6 Å². The quantitative estimate of drug-likeness (QED) is 0.564. The van der Waals surface area contributed by atoms with E-state index in [2.05, 4.69) is 17.6 Å². The van der Waals surface area contributed by atoms with Crippen LogP contribution >= 0.6 is 11.8 Å². The zero-order valence-electron chi connectivity index (χ0n) is 17.5. The van der Waals surface area contributed by atoms with E-state index in [0.29, 0.717) is 23.4 Å². The normalized spacial score (nSPS) is 12.5. The third kappa shape index (κ3) is 7.22. The number of esters is 1. The summed E-state index contributed by atoms with van der Waals surface area (Å²) in [5.41, 5.74) is 2.26. The van der Waals surface area contributed by atoms with Gasteiger partial charge in [-0.2, -0.15) is 11.8 Å². The van der Waals surface area contributed by atoms with Crippen LogP contribution in [0.4, 0.5) is 5.69 Å². The number of anilines is 1. The molecule has 0 aliphatic carbocycles. The van der Waals surface area contributed by atoms with Gasteiger partial charge in [-0.15, -0.1) is 0 Å². The summed E-state index contributed by atoms with van der Waals surface area (Å²) >= 11 is 1.56. The molecule has 2 rings (SSSR count). The first-order valence-corrected chi connectivity index (χ1v) is 11.3. The fourth-order valence-corrected chi connectivity index (χ4v) is 3.16. The fourth-order valence-electron chi connectivity index (χ4n) is 2.69. The van der Waals surface area contributed by atoms with Crippen LogP contribution < -0.4 is 10.6 Å². The van der Waals surface area contributed by atoms with E-state index in [1.807, 2.05) is 36.6 Å². The van der Waals surface area contributed by atoms with Crippen molar-refractivity contribution in [1.82, 2.24) is 5.32 Å². The maximum Gasteiger partial charge on any atom is 0.329 e. The monoisotopic (exact) mass is 428 g/mol. The van der Waals surface area contributed by atoms with E-state index in [1.165, 1.54) is 12.5 Å². The second-order valence-electron chi connectivity index (χ2n) is 6.79. The Morgan fingerprint density at radius 1 is 1.03 bits per heavy atom. The highest BCUT2D eigenvalue weighted by Gasteiger charge is 2.26. The summed E-state index contributed by atoms with van der Waals surface area (Å²) in [6.07, 6.45) is 2.25. The summed E-state index contributed by atoms with van der Waals surface area (Å²) < 4.78 is 5.35. The molecule has 0 radical (unpaired) electrons. The summed E-state index contributed by atoms with van der Waals surface area (Å²) in [7, 11) is 0. The van der Waals surface area contributed by atoms with Gasteiger partial charge in [-0.3, -0.25) is 9.59 Å². The first kappa shape index (κ1) is 23.5. The van der Waals surface area contributed by atoms with Crippen LogP contribution in [0, 0.1) is 0 Å². The van der Waals surface area contributed by atoms with Gasteiger partial charge in [-0.05, 0) is 61.6 Å². The van der Waals surface area contributed by atoms with E-state index in [4.69, 9.17) is 4.74 Å². The highest BCUT2D eigenvalue weighted by Crippen LogP contribution is 2.12. The lowest BCUT2D eigenvalue weighted by molar-refractivity contribution is -0.155. The summed E-state index contributed by atoms with van der Waals surface area (Å²) in [6.45, 7) is 3.57. The molecular weight excluding hydrogens is 400 g/mol. The first-order valence-electron chi connectivity index (χ1n) is 9.89. The number of rotatable bonds is 10. The molecule has 0 fully saturated rings. The molecule has 160 valence electrons. The molecule has 0 bridgehead atoms. The number of thioether (sulfide) groups is 1. The van der Waals surface area contributed by atoms with E-state index in [9.17, 15) is 14.4 Å². The number of ether oxygens (including phenoxy) is 1. The number of benzene rings is 2.